The third kappa shape index (κ3) is 3.70. The number of hydrogen-bond acceptors (Lipinski definition) is 6. The Morgan fingerprint density at radius 3 is 2.04 bits per heavy atom. The molecule has 0 heterocycles. The van der Waals surface area contributed by atoms with E-state index >= 15 is 0 Å². The number of nitrogens with zero attached hydrogens (tertiary/aromatic N) is 1. The maximum absolute atomic E-state index is 12.8. The van der Waals surface area contributed by atoms with Gasteiger partial charge >= 0.3 is 11.9 Å². The minimum Gasteiger partial charge on any atom is -0.478 e. The van der Waals surface area contributed by atoms with Crippen molar-refractivity contribution in [2.75, 3.05) is 7.05 Å². The van der Waals surface area contributed by atoms with Gasteiger partial charge in [-0.1, -0.05) is 15.8 Å². The third-order valence-corrected chi connectivity index (χ3v) is 8.23. The van der Waals surface area contributed by atoms with Crippen LogP contribution in [0.1, 0.15) is 26.3 Å². The first-order chi connectivity index (χ1) is 12.4. The summed E-state index contributed by atoms with van der Waals surface area (Å²) in [5.74, 6) is -2.73. The van der Waals surface area contributed by atoms with Gasteiger partial charge in [-0.25, -0.2) is 26.4 Å². The van der Waals surface area contributed by atoms with Gasteiger partial charge in [-0.3, -0.25) is 0 Å². The summed E-state index contributed by atoms with van der Waals surface area (Å²) in [4.78, 5) is 21.2. The molecule has 2 aromatic rings. The van der Waals surface area contributed by atoms with E-state index in [0.717, 1.165) is 31.3 Å². The van der Waals surface area contributed by atoms with E-state index in [1.54, 1.807) is 0 Å². The number of sulfonamides is 2. The van der Waals surface area contributed by atoms with Crippen LogP contribution in [-0.2, 0) is 20.0 Å². The minimum absolute atomic E-state index is 0.0922. The van der Waals surface area contributed by atoms with Gasteiger partial charge in [0, 0.05) is 7.05 Å². The van der Waals surface area contributed by atoms with Crippen LogP contribution < -0.4 is 0 Å². The summed E-state index contributed by atoms with van der Waals surface area (Å²) in [6.07, 6.45) is 0. The topological polar surface area (TPSA) is 146 Å². The molecule has 2 rings (SSSR count). The Bertz CT molecular complexity index is 1140. The summed E-state index contributed by atoms with van der Waals surface area (Å²) >= 11 is 0. The molecule has 2 aromatic carbocycles. The Kier molecular flexibility index (Phi) is 5.40. The van der Waals surface area contributed by atoms with Gasteiger partial charge in [0.1, 0.15) is 0 Å². The Balaban J connectivity index is 2.61. The van der Waals surface area contributed by atoms with Crippen molar-refractivity contribution in [3.05, 3.63) is 59.2 Å². The highest BCUT2D eigenvalue weighted by atomic mass is 32.3. The van der Waals surface area contributed by atoms with Crippen LogP contribution in [0.25, 0.3) is 0 Å². The van der Waals surface area contributed by atoms with Gasteiger partial charge in [0.15, 0.2) is 0 Å². The van der Waals surface area contributed by atoms with Crippen molar-refractivity contribution in [1.82, 2.24) is 3.71 Å². The lowest BCUT2D eigenvalue weighted by atomic mass is 10.1. The zero-order valence-electron chi connectivity index (χ0n) is 14.1. The molecular weight excluding hydrogens is 398 g/mol. The Labute approximate surface area is 155 Å². The maximum Gasteiger partial charge on any atom is 0.335 e. The van der Waals surface area contributed by atoms with E-state index in [2.05, 4.69) is 0 Å². The van der Waals surface area contributed by atoms with E-state index in [4.69, 9.17) is 10.2 Å². The van der Waals surface area contributed by atoms with E-state index in [9.17, 15) is 26.4 Å². The molecule has 0 saturated carbocycles. The molecule has 0 unspecified atom stereocenters. The molecular formula is C16H15NO8S2. The van der Waals surface area contributed by atoms with E-state index in [0.29, 0.717) is 0 Å². The summed E-state index contributed by atoms with van der Waals surface area (Å²) in [6.45, 7) is 1.25. The van der Waals surface area contributed by atoms with Crippen molar-refractivity contribution in [2.24, 2.45) is 0 Å². The molecule has 9 nitrogen and oxygen atoms in total. The maximum atomic E-state index is 12.8. The molecule has 0 fully saturated rings. The highest BCUT2D eigenvalue weighted by Crippen LogP contribution is 2.26. The SMILES string of the molecule is Cc1c(C(=O)O)cccc1S(=O)(=O)N(C)S(=O)(=O)c1cccc(C(=O)O)c1. The second kappa shape index (κ2) is 7.10. The van der Waals surface area contributed by atoms with Gasteiger partial charge in [0.2, 0.25) is 0 Å². The fourth-order valence-electron chi connectivity index (χ4n) is 2.33. The largest absolute Gasteiger partial charge is 0.478 e. The first-order valence-electron chi connectivity index (χ1n) is 7.31. The molecule has 0 aromatic heterocycles. The van der Waals surface area contributed by atoms with Crippen LogP contribution in [0.3, 0.4) is 0 Å². The average Bonchev–Trinajstić information content (AvgIpc) is 2.60. The zero-order valence-corrected chi connectivity index (χ0v) is 15.8. The van der Waals surface area contributed by atoms with E-state index in [1.165, 1.54) is 25.1 Å². The summed E-state index contributed by atoms with van der Waals surface area (Å²) in [5.41, 5.74) is -0.730. The predicted octanol–water partition coefficient (Wildman–Crippen LogP) is 1.40. The average molecular weight is 413 g/mol. The van der Waals surface area contributed by atoms with Crippen LogP contribution in [0.15, 0.2) is 52.3 Å². The first-order valence-corrected chi connectivity index (χ1v) is 10.2. The second-order valence-corrected chi connectivity index (χ2v) is 9.59. The van der Waals surface area contributed by atoms with Crippen molar-refractivity contribution in [3.63, 3.8) is 0 Å². The molecule has 144 valence electrons. The molecule has 0 atom stereocenters. The van der Waals surface area contributed by atoms with Crippen LogP contribution >= 0.6 is 0 Å². The van der Waals surface area contributed by atoms with Crippen molar-refractivity contribution in [3.8, 4) is 0 Å². The fourth-order valence-corrected chi connectivity index (χ4v) is 5.71. The number of carboxylic acid groups (broad SMARTS) is 2. The second-order valence-electron chi connectivity index (χ2n) is 5.46. The summed E-state index contributed by atoms with van der Waals surface area (Å²) in [5, 5.41) is 18.1. The van der Waals surface area contributed by atoms with Crippen LogP contribution in [-0.4, -0.2) is 49.7 Å². The summed E-state index contributed by atoms with van der Waals surface area (Å²) in [6, 6.07) is 7.72. The lowest BCUT2D eigenvalue weighted by Crippen LogP contribution is -2.34. The van der Waals surface area contributed by atoms with Crippen LogP contribution in [0.4, 0.5) is 0 Å². The molecule has 0 spiro atoms. The molecule has 11 heteroatoms. The van der Waals surface area contributed by atoms with Crippen molar-refractivity contribution in [1.29, 1.82) is 0 Å². The molecule has 2 N–H and O–H groups in total. The van der Waals surface area contributed by atoms with Gasteiger partial charge < -0.3 is 10.2 Å². The van der Waals surface area contributed by atoms with Gasteiger partial charge in [0.25, 0.3) is 20.0 Å². The molecule has 0 bridgehead atoms. The Hall–Kier alpha value is -2.76. The first kappa shape index (κ1) is 20.6. The summed E-state index contributed by atoms with van der Waals surface area (Å²) in [7, 11) is -8.45. The monoisotopic (exact) mass is 413 g/mol. The number of carboxylic acids is 2. The molecule has 0 aliphatic heterocycles. The fraction of sp³-hybridized carbons (Fsp3) is 0.125. The van der Waals surface area contributed by atoms with Crippen LogP contribution in [0, 0.1) is 6.92 Å². The zero-order chi connectivity index (χ0) is 20.6. The van der Waals surface area contributed by atoms with E-state index in [-0.39, 0.29) is 20.4 Å². The molecule has 0 radical (unpaired) electrons. The number of hydrogen-bond donors (Lipinski definition) is 2. The lowest BCUT2D eigenvalue weighted by molar-refractivity contribution is 0.0685. The van der Waals surface area contributed by atoms with Crippen molar-refractivity contribution in [2.45, 2.75) is 16.7 Å². The number of carbonyl (C=O) groups is 2. The highest BCUT2D eigenvalue weighted by molar-refractivity contribution is 8.04. The van der Waals surface area contributed by atoms with Gasteiger partial charge in [-0.05, 0) is 42.8 Å². The van der Waals surface area contributed by atoms with Crippen LogP contribution in [0.2, 0.25) is 0 Å². The minimum atomic E-state index is -4.63. The smallest absolute Gasteiger partial charge is 0.335 e. The summed E-state index contributed by atoms with van der Waals surface area (Å²) < 4.78 is 51.1. The normalized spacial score (nSPS) is 12.1. The van der Waals surface area contributed by atoms with Crippen molar-refractivity contribution >= 4 is 32.0 Å². The van der Waals surface area contributed by atoms with Gasteiger partial charge in [-0.15, -0.1) is 0 Å². The Morgan fingerprint density at radius 2 is 1.48 bits per heavy atom. The number of aromatic carboxylic acids is 2. The number of benzene rings is 2. The predicted molar refractivity (Wildman–Crippen MR) is 93.7 cm³/mol. The third-order valence-electron chi connectivity index (χ3n) is 3.85. The molecule has 27 heavy (non-hydrogen) atoms. The van der Waals surface area contributed by atoms with E-state index in [1.807, 2.05) is 0 Å². The lowest BCUT2D eigenvalue weighted by Gasteiger charge is -2.19. The van der Waals surface area contributed by atoms with Crippen molar-refractivity contribution < 1.29 is 36.6 Å². The molecule has 0 aliphatic rings. The van der Waals surface area contributed by atoms with Gasteiger partial charge in [-0.2, -0.15) is 0 Å². The molecule has 0 amide bonds. The highest BCUT2D eigenvalue weighted by Gasteiger charge is 2.35. The van der Waals surface area contributed by atoms with E-state index < -0.39 is 41.8 Å². The van der Waals surface area contributed by atoms with Gasteiger partial charge in [0.05, 0.1) is 20.9 Å². The standard InChI is InChI=1S/C16H15NO8S2/c1-10-13(16(20)21)7-4-8-14(10)27(24,25)17(2)26(22,23)12-6-3-5-11(9-12)15(18)19/h3-9H,1-2H3,(H,18,19)(H,20,21). The molecule has 0 saturated heterocycles. The number of rotatable bonds is 6. The molecule has 0 aliphatic carbocycles. The quantitative estimate of drug-likeness (QED) is 0.722. The van der Waals surface area contributed by atoms with Crippen LogP contribution in [0.5, 0.6) is 0 Å². The Morgan fingerprint density at radius 1 is 0.889 bits per heavy atom.